The number of nitrogens with zero attached hydrogens (tertiary/aromatic N) is 4. The second kappa shape index (κ2) is 8.67. The molecule has 1 aromatic carbocycles. The van der Waals surface area contributed by atoms with Crippen LogP contribution in [0.2, 0.25) is 0 Å². The van der Waals surface area contributed by atoms with Crippen molar-refractivity contribution in [2.75, 3.05) is 33.3 Å². The van der Waals surface area contributed by atoms with Gasteiger partial charge >= 0.3 is 0 Å². The quantitative estimate of drug-likeness (QED) is 0.645. The van der Waals surface area contributed by atoms with Crippen molar-refractivity contribution in [3.05, 3.63) is 65.7 Å². The first-order chi connectivity index (χ1) is 13.7. The van der Waals surface area contributed by atoms with Crippen LogP contribution >= 0.6 is 0 Å². The standard InChI is InChI=1S/C21H26FN5O/c1-23-21(25-12-18-17(22)8-5-9-24-18)27-14-19-20(15-27)28-11-10-26(19)13-16-6-3-2-4-7-16/h2-9,19-20H,10-15H2,1H3,(H,23,25). The fraction of sp³-hybridized carbons (Fsp3) is 0.429. The fourth-order valence-corrected chi connectivity index (χ4v) is 3.99. The van der Waals surface area contributed by atoms with E-state index in [2.05, 4.69) is 49.4 Å². The first kappa shape index (κ1) is 18.8. The Hall–Kier alpha value is -2.51. The molecule has 1 N–H and O–H groups in total. The fourth-order valence-electron chi connectivity index (χ4n) is 3.99. The molecule has 4 rings (SSSR count). The lowest BCUT2D eigenvalue weighted by Crippen LogP contribution is -2.50. The summed E-state index contributed by atoms with van der Waals surface area (Å²) < 4.78 is 19.9. The lowest BCUT2D eigenvalue weighted by Gasteiger charge is -2.36. The predicted octanol–water partition coefficient (Wildman–Crippen LogP) is 1.88. The number of pyridine rings is 1. The maximum absolute atomic E-state index is 13.8. The Bertz CT molecular complexity index is 815. The summed E-state index contributed by atoms with van der Waals surface area (Å²) in [6.45, 7) is 4.51. The van der Waals surface area contributed by atoms with Crippen LogP contribution in [-0.2, 0) is 17.8 Å². The number of ether oxygens (including phenoxy) is 1. The third-order valence-corrected chi connectivity index (χ3v) is 5.40. The van der Waals surface area contributed by atoms with E-state index >= 15 is 0 Å². The van der Waals surface area contributed by atoms with E-state index < -0.39 is 0 Å². The van der Waals surface area contributed by atoms with Crippen LogP contribution in [0.4, 0.5) is 4.39 Å². The van der Waals surface area contributed by atoms with Gasteiger partial charge in [-0.3, -0.25) is 14.9 Å². The van der Waals surface area contributed by atoms with Crippen molar-refractivity contribution in [2.24, 2.45) is 4.99 Å². The summed E-state index contributed by atoms with van der Waals surface area (Å²) in [5, 5.41) is 3.24. The van der Waals surface area contributed by atoms with Crippen LogP contribution in [0.5, 0.6) is 0 Å². The molecule has 0 bridgehead atoms. The summed E-state index contributed by atoms with van der Waals surface area (Å²) in [5.74, 6) is 0.445. The molecule has 0 radical (unpaired) electrons. The van der Waals surface area contributed by atoms with Crippen LogP contribution in [0.3, 0.4) is 0 Å². The first-order valence-electron chi connectivity index (χ1n) is 9.69. The molecule has 2 aromatic rings. The zero-order chi connectivity index (χ0) is 19.3. The molecule has 3 heterocycles. The maximum atomic E-state index is 13.8. The Balaban J connectivity index is 1.40. The summed E-state index contributed by atoms with van der Waals surface area (Å²) in [7, 11) is 1.75. The molecular formula is C21H26FN5O. The van der Waals surface area contributed by atoms with Crippen molar-refractivity contribution < 1.29 is 9.13 Å². The normalized spacial score (nSPS) is 22.9. The van der Waals surface area contributed by atoms with Gasteiger partial charge in [0.25, 0.3) is 0 Å². The van der Waals surface area contributed by atoms with Crippen LogP contribution in [0.1, 0.15) is 11.3 Å². The minimum Gasteiger partial charge on any atom is -0.373 e. The molecule has 0 spiro atoms. The molecule has 2 atom stereocenters. The molecule has 2 unspecified atom stereocenters. The number of aromatic nitrogens is 1. The number of rotatable bonds is 4. The molecule has 1 aromatic heterocycles. The van der Waals surface area contributed by atoms with Crippen LogP contribution in [0, 0.1) is 5.82 Å². The summed E-state index contributed by atoms with van der Waals surface area (Å²) in [6, 6.07) is 13.9. The van der Waals surface area contributed by atoms with Crippen molar-refractivity contribution in [2.45, 2.75) is 25.2 Å². The van der Waals surface area contributed by atoms with Gasteiger partial charge in [0.2, 0.25) is 0 Å². The largest absolute Gasteiger partial charge is 0.373 e. The minimum absolute atomic E-state index is 0.155. The molecule has 2 saturated heterocycles. The van der Waals surface area contributed by atoms with Gasteiger partial charge in [0.1, 0.15) is 5.82 Å². The van der Waals surface area contributed by atoms with E-state index in [1.165, 1.54) is 11.6 Å². The molecule has 0 saturated carbocycles. The first-order valence-corrected chi connectivity index (χ1v) is 9.69. The summed E-state index contributed by atoms with van der Waals surface area (Å²) in [5.41, 5.74) is 1.71. The van der Waals surface area contributed by atoms with E-state index in [9.17, 15) is 4.39 Å². The zero-order valence-electron chi connectivity index (χ0n) is 16.1. The third kappa shape index (κ3) is 4.15. The number of guanidine groups is 1. The number of hydrogen-bond donors (Lipinski definition) is 1. The molecule has 2 fully saturated rings. The Morgan fingerprint density at radius 1 is 1.25 bits per heavy atom. The van der Waals surface area contributed by atoms with Gasteiger partial charge in [-0.05, 0) is 17.7 Å². The summed E-state index contributed by atoms with van der Waals surface area (Å²) in [4.78, 5) is 13.2. The second-order valence-corrected chi connectivity index (χ2v) is 7.17. The van der Waals surface area contributed by atoms with E-state index in [0.717, 1.165) is 38.7 Å². The molecular weight excluding hydrogens is 357 g/mol. The van der Waals surface area contributed by atoms with E-state index in [-0.39, 0.29) is 11.9 Å². The number of morpholine rings is 1. The number of hydrogen-bond acceptors (Lipinski definition) is 4. The van der Waals surface area contributed by atoms with Crippen molar-refractivity contribution >= 4 is 5.96 Å². The number of nitrogens with one attached hydrogen (secondary N) is 1. The van der Waals surface area contributed by atoms with Crippen molar-refractivity contribution in [3.8, 4) is 0 Å². The number of aliphatic imine (C=N–C) groups is 1. The summed E-state index contributed by atoms with van der Waals surface area (Å²) >= 11 is 0. The summed E-state index contributed by atoms with van der Waals surface area (Å²) in [6.07, 6.45) is 1.75. The highest BCUT2D eigenvalue weighted by molar-refractivity contribution is 5.80. The monoisotopic (exact) mass is 383 g/mol. The van der Waals surface area contributed by atoms with Gasteiger partial charge < -0.3 is 15.0 Å². The minimum atomic E-state index is -0.307. The van der Waals surface area contributed by atoms with Gasteiger partial charge in [-0.1, -0.05) is 30.3 Å². The van der Waals surface area contributed by atoms with E-state index in [1.54, 1.807) is 19.3 Å². The molecule has 6 nitrogen and oxygen atoms in total. The van der Waals surface area contributed by atoms with E-state index in [0.29, 0.717) is 18.3 Å². The van der Waals surface area contributed by atoms with Crippen molar-refractivity contribution in [3.63, 3.8) is 0 Å². The molecule has 2 aliphatic rings. The number of halogens is 1. The van der Waals surface area contributed by atoms with Gasteiger partial charge in [0, 0.05) is 39.4 Å². The number of likely N-dealkylation sites (tertiary alicyclic amines) is 1. The molecule has 148 valence electrons. The average Bonchev–Trinajstić information content (AvgIpc) is 3.16. The van der Waals surface area contributed by atoms with Crippen molar-refractivity contribution in [1.82, 2.24) is 20.1 Å². The maximum Gasteiger partial charge on any atom is 0.194 e. The smallest absolute Gasteiger partial charge is 0.194 e. The number of fused-ring (bicyclic) bond motifs is 1. The van der Waals surface area contributed by atoms with Crippen LogP contribution in [0.15, 0.2) is 53.7 Å². The Kier molecular flexibility index (Phi) is 5.83. The van der Waals surface area contributed by atoms with E-state index in [1.807, 2.05) is 6.07 Å². The van der Waals surface area contributed by atoms with E-state index in [4.69, 9.17) is 4.74 Å². The lowest BCUT2D eigenvalue weighted by atomic mass is 10.1. The molecule has 2 aliphatic heterocycles. The Morgan fingerprint density at radius 3 is 2.89 bits per heavy atom. The van der Waals surface area contributed by atoms with Gasteiger partial charge in [0.05, 0.1) is 31.0 Å². The van der Waals surface area contributed by atoms with Gasteiger partial charge in [-0.25, -0.2) is 4.39 Å². The zero-order valence-corrected chi connectivity index (χ0v) is 16.1. The van der Waals surface area contributed by atoms with Crippen LogP contribution in [-0.4, -0.2) is 66.2 Å². The molecule has 28 heavy (non-hydrogen) atoms. The van der Waals surface area contributed by atoms with Crippen molar-refractivity contribution in [1.29, 1.82) is 0 Å². The molecule has 0 amide bonds. The number of benzene rings is 1. The second-order valence-electron chi connectivity index (χ2n) is 7.17. The predicted molar refractivity (Wildman–Crippen MR) is 106 cm³/mol. The molecule has 7 heteroatoms. The SMILES string of the molecule is CN=C(NCc1ncccc1F)N1CC2OCCN(Cc3ccccc3)C2C1. The topological polar surface area (TPSA) is 53.0 Å². The van der Waals surface area contributed by atoms with Crippen LogP contribution < -0.4 is 5.32 Å². The highest BCUT2D eigenvalue weighted by Crippen LogP contribution is 2.24. The molecule has 0 aliphatic carbocycles. The third-order valence-electron chi connectivity index (χ3n) is 5.40. The Labute approximate surface area is 165 Å². The highest BCUT2D eigenvalue weighted by Gasteiger charge is 2.41. The Morgan fingerprint density at radius 2 is 2.11 bits per heavy atom. The van der Waals surface area contributed by atoms with Gasteiger partial charge in [-0.2, -0.15) is 0 Å². The average molecular weight is 383 g/mol. The van der Waals surface area contributed by atoms with Gasteiger partial charge in [0.15, 0.2) is 5.96 Å². The highest BCUT2D eigenvalue weighted by atomic mass is 19.1. The van der Waals surface area contributed by atoms with Gasteiger partial charge in [-0.15, -0.1) is 0 Å². The lowest BCUT2D eigenvalue weighted by molar-refractivity contribution is -0.0502. The van der Waals surface area contributed by atoms with Crippen LogP contribution in [0.25, 0.3) is 0 Å².